The Morgan fingerprint density at radius 3 is 2.42 bits per heavy atom. The van der Waals surface area contributed by atoms with Gasteiger partial charge in [0.25, 0.3) is 0 Å². The summed E-state index contributed by atoms with van der Waals surface area (Å²) in [5, 5.41) is 3.40. The van der Waals surface area contributed by atoms with Gasteiger partial charge in [-0.15, -0.1) is 0 Å². The number of benzene rings is 2. The van der Waals surface area contributed by atoms with Crippen LogP contribution < -0.4 is 15.8 Å². The van der Waals surface area contributed by atoms with Gasteiger partial charge >= 0.3 is 0 Å². The number of anilines is 3. The van der Waals surface area contributed by atoms with Gasteiger partial charge in [-0.05, 0) is 36.4 Å². The quantitative estimate of drug-likeness (QED) is 0.326. The van der Waals surface area contributed by atoms with Crippen molar-refractivity contribution in [3.63, 3.8) is 0 Å². The first-order valence-corrected chi connectivity index (χ1v) is 9.73. The summed E-state index contributed by atoms with van der Waals surface area (Å²) in [5.74, 6) is -2.38. The molecule has 0 bridgehead atoms. The highest BCUT2D eigenvalue weighted by molar-refractivity contribution is 5.82. The average molecular weight is 448 g/mol. The minimum Gasteiger partial charge on any atom is -0.450 e. The Balaban J connectivity index is 1.43. The van der Waals surface area contributed by atoms with Crippen molar-refractivity contribution in [3.8, 4) is 22.8 Å². The molecule has 4 N–H and O–H groups in total. The fourth-order valence-corrected chi connectivity index (χ4v) is 3.31. The van der Waals surface area contributed by atoms with Crippen molar-refractivity contribution in [2.24, 2.45) is 0 Å². The third-order valence-electron chi connectivity index (χ3n) is 4.79. The van der Waals surface area contributed by atoms with Gasteiger partial charge in [0, 0.05) is 41.8 Å². The summed E-state index contributed by atoms with van der Waals surface area (Å²) >= 11 is 0. The van der Waals surface area contributed by atoms with Crippen LogP contribution in [0.15, 0.2) is 67.0 Å². The first kappa shape index (κ1) is 20.3. The standard InChI is InChI=1S/C23H15F3N6O/c24-13-3-1-12(2-4-13)18-11-20(32-23(27)31-18)30-14-9-16(25)21(17(26)10-14)33-19-6-8-29-22-15(19)5-7-28-22/h1-11H,(H,28,29)(H3,27,30,31,32). The number of nitrogens with two attached hydrogens (primary N) is 1. The van der Waals surface area contributed by atoms with E-state index < -0.39 is 23.2 Å². The van der Waals surface area contributed by atoms with Crippen LogP contribution in [0.1, 0.15) is 0 Å². The van der Waals surface area contributed by atoms with Crippen LogP contribution >= 0.6 is 0 Å². The Morgan fingerprint density at radius 2 is 1.67 bits per heavy atom. The normalized spacial score (nSPS) is 11.0. The van der Waals surface area contributed by atoms with E-state index in [1.165, 1.54) is 42.6 Å². The van der Waals surface area contributed by atoms with Crippen LogP contribution in [0.5, 0.6) is 11.5 Å². The van der Waals surface area contributed by atoms with Gasteiger partial charge in [0.2, 0.25) is 5.95 Å². The van der Waals surface area contributed by atoms with Crippen LogP contribution in [-0.4, -0.2) is 19.9 Å². The number of ether oxygens (including phenoxy) is 1. The summed E-state index contributed by atoms with van der Waals surface area (Å²) in [6.07, 6.45) is 3.12. The van der Waals surface area contributed by atoms with E-state index in [9.17, 15) is 13.2 Å². The van der Waals surface area contributed by atoms with E-state index >= 15 is 0 Å². The molecule has 0 fully saturated rings. The number of fused-ring (bicyclic) bond motifs is 1. The van der Waals surface area contributed by atoms with Crippen molar-refractivity contribution in [1.82, 2.24) is 19.9 Å². The zero-order valence-electron chi connectivity index (χ0n) is 16.8. The Bertz CT molecular complexity index is 1450. The molecule has 0 unspecified atom stereocenters. The molecule has 7 nitrogen and oxygen atoms in total. The summed E-state index contributed by atoms with van der Waals surface area (Å²) in [6, 6.07) is 12.5. The van der Waals surface area contributed by atoms with Gasteiger partial charge in [0.15, 0.2) is 17.4 Å². The molecule has 5 aromatic rings. The smallest absolute Gasteiger partial charge is 0.222 e. The number of nitrogen functional groups attached to an aromatic ring is 1. The van der Waals surface area contributed by atoms with E-state index in [1.54, 1.807) is 12.3 Å². The molecule has 0 saturated heterocycles. The minimum atomic E-state index is -0.918. The molecule has 3 heterocycles. The lowest BCUT2D eigenvalue weighted by Gasteiger charge is -2.12. The first-order valence-electron chi connectivity index (χ1n) is 9.73. The van der Waals surface area contributed by atoms with Gasteiger partial charge in [-0.1, -0.05) is 0 Å². The van der Waals surface area contributed by atoms with Gasteiger partial charge in [-0.3, -0.25) is 0 Å². The number of hydrogen-bond donors (Lipinski definition) is 3. The summed E-state index contributed by atoms with van der Waals surface area (Å²) < 4.78 is 48.2. The number of aromatic amines is 1. The zero-order valence-corrected chi connectivity index (χ0v) is 16.8. The summed E-state index contributed by atoms with van der Waals surface area (Å²) in [5.41, 5.74) is 7.41. The zero-order chi connectivity index (χ0) is 22.9. The van der Waals surface area contributed by atoms with Gasteiger partial charge in [-0.2, -0.15) is 4.98 Å². The maximum Gasteiger partial charge on any atom is 0.222 e. The van der Waals surface area contributed by atoms with Gasteiger partial charge in [-0.25, -0.2) is 23.1 Å². The highest BCUT2D eigenvalue weighted by Gasteiger charge is 2.16. The van der Waals surface area contributed by atoms with E-state index in [2.05, 4.69) is 25.3 Å². The van der Waals surface area contributed by atoms with Crippen LogP contribution in [0.4, 0.5) is 30.6 Å². The second kappa shape index (κ2) is 8.15. The summed E-state index contributed by atoms with van der Waals surface area (Å²) in [4.78, 5) is 15.2. The number of halogens is 3. The molecule has 2 aromatic carbocycles. The molecular formula is C23H15F3N6O. The predicted octanol–water partition coefficient (Wildman–Crippen LogP) is 5.56. The minimum absolute atomic E-state index is 0.0616. The number of aromatic nitrogens is 4. The van der Waals surface area contributed by atoms with E-state index in [0.717, 1.165) is 12.1 Å². The van der Waals surface area contributed by atoms with Crippen LogP contribution in [0.2, 0.25) is 0 Å². The number of hydrogen-bond acceptors (Lipinski definition) is 6. The highest BCUT2D eigenvalue weighted by atomic mass is 19.1. The molecule has 33 heavy (non-hydrogen) atoms. The van der Waals surface area contributed by atoms with Crippen LogP contribution in [0.3, 0.4) is 0 Å². The Hall–Kier alpha value is -4.60. The van der Waals surface area contributed by atoms with Crippen molar-refractivity contribution in [1.29, 1.82) is 0 Å². The van der Waals surface area contributed by atoms with Crippen molar-refractivity contribution < 1.29 is 17.9 Å². The van der Waals surface area contributed by atoms with Crippen LogP contribution in [0, 0.1) is 17.5 Å². The summed E-state index contributed by atoms with van der Waals surface area (Å²) in [6.45, 7) is 0. The lowest BCUT2D eigenvalue weighted by atomic mass is 10.1. The van der Waals surface area contributed by atoms with Gasteiger partial charge in [0.05, 0.1) is 11.1 Å². The molecule has 10 heteroatoms. The third kappa shape index (κ3) is 4.13. The van der Waals surface area contributed by atoms with Crippen molar-refractivity contribution in [2.45, 2.75) is 0 Å². The lowest BCUT2D eigenvalue weighted by molar-refractivity contribution is 0.411. The largest absolute Gasteiger partial charge is 0.450 e. The Kier molecular flexibility index (Phi) is 5.02. The molecule has 0 radical (unpaired) electrons. The number of H-pyrrole nitrogens is 1. The van der Waals surface area contributed by atoms with Crippen LogP contribution in [-0.2, 0) is 0 Å². The first-order chi connectivity index (χ1) is 16.0. The number of nitrogens with one attached hydrogen (secondary N) is 2. The molecule has 0 saturated carbocycles. The molecule has 164 valence electrons. The number of pyridine rings is 1. The second-order valence-electron chi connectivity index (χ2n) is 7.05. The monoisotopic (exact) mass is 448 g/mol. The molecule has 0 aliphatic rings. The van der Waals surface area contributed by atoms with Crippen LogP contribution in [0.25, 0.3) is 22.3 Å². The fraction of sp³-hybridized carbons (Fsp3) is 0. The van der Waals surface area contributed by atoms with Crippen molar-refractivity contribution >= 4 is 28.5 Å². The SMILES string of the molecule is Nc1nc(Nc2cc(F)c(Oc3ccnc4[nH]ccc34)c(F)c2)cc(-c2ccc(F)cc2)n1. The molecule has 0 aliphatic heterocycles. The molecular weight excluding hydrogens is 433 g/mol. The topological polar surface area (TPSA) is 102 Å². The maximum atomic E-state index is 14.8. The predicted molar refractivity (Wildman–Crippen MR) is 118 cm³/mol. The fourth-order valence-electron chi connectivity index (χ4n) is 3.31. The maximum absolute atomic E-state index is 14.8. The lowest BCUT2D eigenvalue weighted by Crippen LogP contribution is -2.03. The number of rotatable bonds is 5. The van der Waals surface area contributed by atoms with Gasteiger partial charge < -0.3 is 20.8 Å². The van der Waals surface area contributed by atoms with E-state index in [1.807, 2.05) is 0 Å². The molecule has 0 amide bonds. The Morgan fingerprint density at radius 1 is 0.909 bits per heavy atom. The highest BCUT2D eigenvalue weighted by Crippen LogP contribution is 2.34. The van der Waals surface area contributed by atoms with Crippen molar-refractivity contribution in [2.75, 3.05) is 11.1 Å². The molecule has 3 aromatic heterocycles. The van der Waals surface area contributed by atoms with E-state index in [-0.39, 0.29) is 23.2 Å². The Labute approximate surface area is 185 Å². The molecule has 5 rings (SSSR count). The van der Waals surface area contributed by atoms with Gasteiger partial charge in [0.1, 0.15) is 23.0 Å². The molecule has 0 aliphatic carbocycles. The average Bonchev–Trinajstić information content (AvgIpc) is 3.26. The van der Waals surface area contributed by atoms with Crippen molar-refractivity contribution in [3.05, 3.63) is 84.4 Å². The second-order valence-corrected chi connectivity index (χ2v) is 7.05. The molecule has 0 atom stereocenters. The van der Waals surface area contributed by atoms with E-state index in [0.29, 0.717) is 22.3 Å². The third-order valence-corrected chi connectivity index (χ3v) is 4.79. The summed E-state index contributed by atoms with van der Waals surface area (Å²) in [7, 11) is 0. The van der Waals surface area contributed by atoms with E-state index in [4.69, 9.17) is 10.5 Å². The number of nitrogens with zero attached hydrogens (tertiary/aromatic N) is 3. The molecule has 0 spiro atoms.